The Balaban J connectivity index is 1.70. The lowest BCUT2D eigenvalue weighted by Gasteiger charge is -2.09. The van der Waals surface area contributed by atoms with E-state index in [1.165, 1.54) is 0 Å². The zero-order valence-corrected chi connectivity index (χ0v) is 13.8. The molecule has 0 saturated carbocycles. The van der Waals surface area contributed by atoms with E-state index in [-0.39, 0.29) is 11.3 Å². The van der Waals surface area contributed by atoms with E-state index in [9.17, 15) is 18.4 Å². The molecule has 0 bridgehead atoms. The number of nitrogens with zero attached hydrogens (tertiary/aromatic N) is 1. The largest absolute Gasteiger partial charge is 0.452 e. The summed E-state index contributed by atoms with van der Waals surface area (Å²) in [6, 6.07) is 11.4. The highest BCUT2D eigenvalue weighted by atomic mass is 19.1. The van der Waals surface area contributed by atoms with Crippen molar-refractivity contribution in [2.75, 3.05) is 11.9 Å². The van der Waals surface area contributed by atoms with Gasteiger partial charge >= 0.3 is 5.97 Å². The summed E-state index contributed by atoms with van der Waals surface area (Å²) >= 11 is 0. The Morgan fingerprint density at radius 3 is 2.65 bits per heavy atom. The van der Waals surface area contributed by atoms with E-state index in [1.54, 1.807) is 37.3 Å². The zero-order chi connectivity index (χ0) is 18.7. The molecule has 1 aromatic heterocycles. The van der Waals surface area contributed by atoms with Gasteiger partial charge in [0.25, 0.3) is 5.91 Å². The number of pyridine rings is 1. The van der Waals surface area contributed by atoms with Gasteiger partial charge in [-0.25, -0.2) is 13.6 Å². The van der Waals surface area contributed by atoms with Gasteiger partial charge in [0.15, 0.2) is 6.61 Å². The summed E-state index contributed by atoms with van der Waals surface area (Å²) in [6.07, 6.45) is 0. The third kappa shape index (κ3) is 3.83. The third-order valence-corrected chi connectivity index (χ3v) is 3.60. The van der Waals surface area contributed by atoms with Crippen molar-refractivity contribution in [2.45, 2.75) is 6.92 Å². The van der Waals surface area contributed by atoms with E-state index in [0.717, 1.165) is 12.1 Å². The molecule has 7 heteroatoms. The predicted molar refractivity (Wildman–Crippen MR) is 91.8 cm³/mol. The SMILES string of the molecule is Cc1cc(C(=O)OCC(=O)Nc2ccc(F)cc2F)c2ccccc2n1. The van der Waals surface area contributed by atoms with E-state index < -0.39 is 30.1 Å². The number of aryl methyl sites for hydroxylation is 1. The van der Waals surface area contributed by atoms with E-state index in [0.29, 0.717) is 22.7 Å². The first-order chi connectivity index (χ1) is 12.4. The molecule has 0 atom stereocenters. The minimum atomic E-state index is -0.916. The standard InChI is InChI=1S/C19H14F2N2O3/c1-11-8-14(13-4-2-3-5-16(13)22-11)19(25)26-10-18(24)23-17-7-6-12(20)9-15(17)21/h2-9H,10H2,1H3,(H,23,24). The Labute approximate surface area is 147 Å². The maximum absolute atomic E-state index is 13.5. The topological polar surface area (TPSA) is 68.3 Å². The van der Waals surface area contributed by atoms with Gasteiger partial charge in [-0.15, -0.1) is 0 Å². The zero-order valence-electron chi connectivity index (χ0n) is 13.8. The molecule has 1 amide bonds. The summed E-state index contributed by atoms with van der Waals surface area (Å²) in [5.74, 6) is -3.10. The molecule has 0 fully saturated rings. The van der Waals surface area contributed by atoms with Gasteiger partial charge in [0.05, 0.1) is 16.8 Å². The summed E-state index contributed by atoms with van der Waals surface area (Å²) in [4.78, 5) is 28.5. The first-order valence-electron chi connectivity index (χ1n) is 7.72. The molecular formula is C19H14F2N2O3. The van der Waals surface area contributed by atoms with Gasteiger partial charge in [0, 0.05) is 17.1 Å². The Bertz CT molecular complexity index is 1010. The van der Waals surface area contributed by atoms with Gasteiger partial charge in [-0.3, -0.25) is 9.78 Å². The van der Waals surface area contributed by atoms with Crippen molar-refractivity contribution in [3.05, 3.63) is 71.4 Å². The quantitative estimate of drug-likeness (QED) is 0.725. The number of aromatic nitrogens is 1. The van der Waals surface area contributed by atoms with E-state index >= 15 is 0 Å². The van der Waals surface area contributed by atoms with Gasteiger partial charge in [-0.2, -0.15) is 0 Å². The number of hydrogen-bond donors (Lipinski definition) is 1. The van der Waals surface area contributed by atoms with Gasteiger partial charge < -0.3 is 10.1 Å². The molecule has 3 rings (SSSR count). The average Bonchev–Trinajstić information content (AvgIpc) is 2.61. The number of rotatable bonds is 4. The van der Waals surface area contributed by atoms with Crippen molar-refractivity contribution >= 4 is 28.5 Å². The lowest BCUT2D eigenvalue weighted by atomic mass is 10.1. The van der Waals surface area contributed by atoms with Crippen LogP contribution in [0.15, 0.2) is 48.5 Å². The number of amides is 1. The highest BCUT2D eigenvalue weighted by Crippen LogP contribution is 2.19. The fourth-order valence-electron chi connectivity index (χ4n) is 2.46. The number of halogens is 2. The van der Waals surface area contributed by atoms with E-state index in [1.807, 2.05) is 0 Å². The van der Waals surface area contributed by atoms with Crippen LogP contribution in [-0.4, -0.2) is 23.5 Å². The average molecular weight is 356 g/mol. The fraction of sp³-hybridized carbons (Fsp3) is 0.105. The molecule has 3 aromatic rings. The normalized spacial score (nSPS) is 10.6. The van der Waals surface area contributed by atoms with Crippen molar-refractivity contribution in [1.29, 1.82) is 0 Å². The molecule has 0 unspecified atom stereocenters. The van der Waals surface area contributed by atoms with Gasteiger partial charge in [-0.05, 0) is 31.2 Å². The summed E-state index contributed by atoms with van der Waals surface area (Å²) in [5, 5.41) is 2.83. The lowest BCUT2D eigenvalue weighted by Crippen LogP contribution is -2.21. The van der Waals surface area contributed by atoms with Crippen LogP contribution >= 0.6 is 0 Å². The van der Waals surface area contributed by atoms with E-state index in [2.05, 4.69) is 10.3 Å². The van der Waals surface area contributed by atoms with Crippen molar-refractivity contribution < 1.29 is 23.1 Å². The number of carbonyl (C=O) groups excluding carboxylic acids is 2. The van der Waals surface area contributed by atoms with Crippen LogP contribution in [0.2, 0.25) is 0 Å². The van der Waals surface area contributed by atoms with Crippen LogP contribution in [0.3, 0.4) is 0 Å². The van der Waals surface area contributed by atoms with Crippen LogP contribution in [0.1, 0.15) is 16.1 Å². The first kappa shape index (κ1) is 17.5. The number of anilines is 1. The van der Waals surface area contributed by atoms with Crippen LogP contribution in [0.4, 0.5) is 14.5 Å². The Morgan fingerprint density at radius 2 is 1.88 bits per heavy atom. The second-order valence-corrected chi connectivity index (χ2v) is 5.58. The Hall–Kier alpha value is -3.35. The van der Waals surface area contributed by atoms with Crippen LogP contribution in [-0.2, 0) is 9.53 Å². The summed E-state index contributed by atoms with van der Waals surface area (Å²) in [6.45, 7) is 1.14. The number of nitrogens with one attached hydrogen (secondary N) is 1. The van der Waals surface area contributed by atoms with E-state index in [4.69, 9.17) is 4.74 Å². The molecule has 0 aliphatic carbocycles. The molecule has 0 aliphatic rings. The number of hydrogen-bond acceptors (Lipinski definition) is 4. The maximum Gasteiger partial charge on any atom is 0.339 e. The number of fused-ring (bicyclic) bond motifs is 1. The van der Waals surface area contributed by atoms with Crippen molar-refractivity contribution in [2.24, 2.45) is 0 Å². The summed E-state index contributed by atoms with van der Waals surface area (Å²) in [5.41, 5.74) is 1.36. The van der Waals surface area contributed by atoms with Gasteiger partial charge in [-0.1, -0.05) is 18.2 Å². The minimum Gasteiger partial charge on any atom is -0.452 e. The maximum atomic E-state index is 13.5. The monoisotopic (exact) mass is 356 g/mol. The molecule has 1 N–H and O–H groups in total. The van der Waals surface area contributed by atoms with Crippen LogP contribution in [0.5, 0.6) is 0 Å². The number of esters is 1. The molecule has 26 heavy (non-hydrogen) atoms. The molecule has 5 nitrogen and oxygen atoms in total. The fourth-order valence-corrected chi connectivity index (χ4v) is 2.46. The number of ether oxygens (including phenoxy) is 1. The summed E-state index contributed by atoms with van der Waals surface area (Å²) < 4.78 is 31.4. The highest BCUT2D eigenvalue weighted by Gasteiger charge is 2.15. The third-order valence-electron chi connectivity index (χ3n) is 3.60. The molecule has 0 saturated heterocycles. The van der Waals surface area contributed by atoms with Crippen LogP contribution < -0.4 is 5.32 Å². The smallest absolute Gasteiger partial charge is 0.339 e. The van der Waals surface area contributed by atoms with Gasteiger partial charge in [0.1, 0.15) is 11.6 Å². The lowest BCUT2D eigenvalue weighted by molar-refractivity contribution is -0.119. The number of para-hydroxylation sites is 1. The number of benzene rings is 2. The molecule has 0 spiro atoms. The Kier molecular flexibility index (Phi) is 4.88. The van der Waals surface area contributed by atoms with Crippen LogP contribution in [0, 0.1) is 18.6 Å². The molecule has 132 valence electrons. The highest BCUT2D eigenvalue weighted by molar-refractivity contribution is 6.04. The molecule has 1 heterocycles. The molecule has 2 aromatic carbocycles. The van der Waals surface area contributed by atoms with Crippen molar-refractivity contribution in [1.82, 2.24) is 4.98 Å². The predicted octanol–water partition coefficient (Wildman–Crippen LogP) is 3.62. The van der Waals surface area contributed by atoms with Gasteiger partial charge in [0.2, 0.25) is 0 Å². The minimum absolute atomic E-state index is 0.197. The van der Waals surface area contributed by atoms with Crippen molar-refractivity contribution in [3.8, 4) is 0 Å². The molecule has 0 radical (unpaired) electrons. The number of carbonyl (C=O) groups is 2. The van der Waals surface area contributed by atoms with Crippen molar-refractivity contribution in [3.63, 3.8) is 0 Å². The molecular weight excluding hydrogens is 342 g/mol. The molecule has 0 aliphatic heterocycles. The summed E-state index contributed by atoms with van der Waals surface area (Å²) in [7, 11) is 0. The Morgan fingerprint density at radius 1 is 1.12 bits per heavy atom. The second-order valence-electron chi connectivity index (χ2n) is 5.58. The second kappa shape index (κ2) is 7.26. The first-order valence-corrected chi connectivity index (χ1v) is 7.72. The van der Waals surface area contributed by atoms with Crippen LogP contribution in [0.25, 0.3) is 10.9 Å².